The topological polar surface area (TPSA) is 68.5 Å². The Morgan fingerprint density at radius 2 is 2.07 bits per heavy atom. The first kappa shape index (κ1) is 18.2. The number of nitrogens with zero attached hydrogens (tertiary/aromatic N) is 3. The number of rotatable bonds is 6. The molecular formula is C22H23N3O3. The number of carbonyl (C=O) groups excluding carboxylic acids is 1. The van der Waals surface area contributed by atoms with E-state index in [1.165, 1.54) is 0 Å². The number of benzene rings is 2. The number of hydrogen-bond acceptors (Lipinski definition) is 5. The fourth-order valence-electron chi connectivity index (χ4n) is 3.68. The standard InChI is InChI=1S/C22H23N3O3/c1-27-18-10-5-9-17(15-18)19-11-6-14-25(19)21(26)13-12-20-23-22(24-28-20)16-7-3-2-4-8-16/h2-5,7-10,15,19H,6,11-14H2,1H3. The minimum Gasteiger partial charge on any atom is -0.497 e. The molecule has 1 atom stereocenters. The molecule has 4 rings (SSSR count). The van der Waals surface area contributed by atoms with Gasteiger partial charge in [0.15, 0.2) is 0 Å². The lowest BCUT2D eigenvalue weighted by Gasteiger charge is -2.25. The SMILES string of the molecule is COc1cccc(C2CCCN2C(=O)CCc2nc(-c3ccccc3)no2)c1. The summed E-state index contributed by atoms with van der Waals surface area (Å²) >= 11 is 0. The van der Waals surface area contributed by atoms with Gasteiger partial charge in [-0.15, -0.1) is 0 Å². The predicted molar refractivity (Wildman–Crippen MR) is 105 cm³/mol. The van der Waals surface area contributed by atoms with E-state index in [-0.39, 0.29) is 11.9 Å². The summed E-state index contributed by atoms with van der Waals surface area (Å²) in [5, 5.41) is 4.02. The fraction of sp³-hybridized carbons (Fsp3) is 0.318. The van der Waals surface area contributed by atoms with Crippen LogP contribution in [0.1, 0.15) is 36.8 Å². The highest BCUT2D eigenvalue weighted by Crippen LogP contribution is 2.34. The van der Waals surface area contributed by atoms with Gasteiger partial charge >= 0.3 is 0 Å². The summed E-state index contributed by atoms with van der Waals surface area (Å²) in [6, 6.07) is 17.7. The summed E-state index contributed by atoms with van der Waals surface area (Å²) in [6.45, 7) is 0.778. The van der Waals surface area contributed by atoms with Gasteiger partial charge in [0.2, 0.25) is 17.6 Å². The number of methoxy groups -OCH3 is 1. The summed E-state index contributed by atoms with van der Waals surface area (Å²) in [4.78, 5) is 19.2. The Morgan fingerprint density at radius 1 is 1.21 bits per heavy atom. The van der Waals surface area contributed by atoms with Gasteiger partial charge in [0, 0.05) is 24.9 Å². The van der Waals surface area contributed by atoms with Crippen molar-refractivity contribution >= 4 is 5.91 Å². The number of carbonyl (C=O) groups is 1. The number of amides is 1. The number of hydrogen-bond donors (Lipinski definition) is 0. The summed E-state index contributed by atoms with van der Waals surface area (Å²) in [7, 11) is 1.66. The molecular weight excluding hydrogens is 354 g/mol. The van der Waals surface area contributed by atoms with E-state index in [2.05, 4.69) is 16.2 Å². The minimum absolute atomic E-state index is 0.102. The van der Waals surface area contributed by atoms with Crippen LogP contribution in [0.4, 0.5) is 0 Å². The minimum atomic E-state index is 0.102. The number of aryl methyl sites for hydroxylation is 1. The Hall–Kier alpha value is -3.15. The molecule has 1 aromatic heterocycles. The third-order valence-corrected chi connectivity index (χ3v) is 5.10. The Morgan fingerprint density at radius 3 is 2.89 bits per heavy atom. The van der Waals surface area contributed by atoms with Crippen molar-refractivity contribution in [2.75, 3.05) is 13.7 Å². The van der Waals surface area contributed by atoms with Crippen molar-refractivity contribution in [3.63, 3.8) is 0 Å². The van der Waals surface area contributed by atoms with Gasteiger partial charge in [-0.05, 0) is 30.5 Å². The average molecular weight is 377 g/mol. The summed E-state index contributed by atoms with van der Waals surface area (Å²) < 4.78 is 10.6. The van der Waals surface area contributed by atoms with Crippen LogP contribution in [-0.2, 0) is 11.2 Å². The Kier molecular flexibility index (Phi) is 5.37. The van der Waals surface area contributed by atoms with Crippen LogP contribution in [0.5, 0.6) is 5.75 Å². The van der Waals surface area contributed by atoms with Crippen LogP contribution in [-0.4, -0.2) is 34.6 Å². The highest BCUT2D eigenvalue weighted by molar-refractivity contribution is 5.77. The van der Waals surface area contributed by atoms with Crippen molar-refractivity contribution in [1.82, 2.24) is 15.0 Å². The normalized spacial score (nSPS) is 16.3. The second-order valence-electron chi connectivity index (χ2n) is 6.90. The molecule has 0 N–H and O–H groups in total. The molecule has 0 bridgehead atoms. The largest absolute Gasteiger partial charge is 0.497 e. The first-order valence-corrected chi connectivity index (χ1v) is 9.56. The fourth-order valence-corrected chi connectivity index (χ4v) is 3.68. The third-order valence-electron chi connectivity index (χ3n) is 5.10. The van der Waals surface area contributed by atoms with Crippen molar-refractivity contribution < 1.29 is 14.1 Å². The molecule has 3 aromatic rings. The quantitative estimate of drug-likeness (QED) is 0.648. The van der Waals surface area contributed by atoms with Crippen LogP contribution in [0.3, 0.4) is 0 Å². The molecule has 6 nitrogen and oxygen atoms in total. The van der Waals surface area contributed by atoms with E-state index < -0.39 is 0 Å². The van der Waals surface area contributed by atoms with E-state index >= 15 is 0 Å². The maximum absolute atomic E-state index is 12.8. The van der Waals surface area contributed by atoms with E-state index in [1.54, 1.807) is 7.11 Å². The second kappa shape index (κ2) is 8.25. The number of aromatic nitrogens is 2. The van der Waals surface area contributed by atoms with Gasteiger partial charge in [-0.3, -0.25) is 4.79 Å². The highest BCUT2D eigenvalue weighted by Gasteiger charge is 2.30. The van der Waals surface area contributed by atoms with E-state index in [0.29, 0.717) is 24.6 Å². The van der Waals surface area contributed by atoms with Crippen molar-refractivity contribution in [1.29, 1.82) is 0 Å². The molecule has 28 heavy (non-hydrogen) atoms. The average Bonchev–Trinajstić information content (AvgIpc) is 3.42. The van der Waals surface area contributed by atoms with Gasteiger partial charge in [-0.1, -0.05) is 47.6 Å². The van der Waals surface area contributed by atoms with E-state index in [0.717, 1.165) is 36.3 Å². The molecule has 2 heterocycles. The van der Waals surface area contributed by atoms with Gasteiger partial charge in [-0.2, -0.15) is 4.98 Å². The van der Waals surface area contributed by atoms with Crippen LogP contribution >= 0.6 is 0 Å². The summed E-state index contributed by atoms with van der Waals surface area (Å²) in [6.07, 6.45) is 2.78. The summed E-state index contributed by atoms with van der Waals surface area (Å²) in [5.74, 6) is 1.98. The van der Waals surface area contributed by atoms with Gasteiger partial charge in [0.05, 0.1) is 13.2 Å². The zero-order valence-corrected chi connectivity index (χ0v) is 15.9. The molecule has 0 spiro atoms. The maximum atomic E-state index is 12.8. The molecule has 0 saturated carbocycles. The third kappa shape index (κ3) is 3.91. The first-order chi connectivity index (χ1) is 13.7. The predicted octanol–water partition coefficient (Wildman–Crippen LogP) is 4.04. The smallest absolute Gasteiger partial charge is 0.227 e. The summed E-state index contributed by atoms with van der Waals surface area (Å²) in [5.41, 5.74) is 2.02. The van der Waals surface area contributed by atoms with Gasteiger partial charge in [-0.25, -0.2) is 0 Å². The van der Waals surface area contributed by atoms with Gasteiger partial charge < -0.3 is 14.2 Å². The monoisotopic (exact) mass is 377 g/mol. The van der Waals surface area contributed by atoms with Crippen LogP contribution < -0.4 is 4.74 Å². The molecule has 1 aliphatic rings. The zero-order valence-electron chi connectivity index (χ0n) is 15.9. The van der Waals surface area contributed by atoms with Crippen molar-refractivity contribution in [3.8, 4) is 17.1 Å². The molecule has 1 fully saturated rings. The maximum Gasteiger partial charge on any atom is 0.227 e. The molecule has 1 unspecified atom stereocenters. The lowest BCUT2D eigenvalue weighted by atomic mass is 10.0. The van der Waals surface area contributed by atoms with E-state index in [9.17, 15) is 4.79 Å². The molecule has 2 aromatic carbocycles. The molecule has 1 amide bonds. The van der Waals surface area contributed by atoms with Crippen LogP contribution in [0, 0.1) is 0 Å². The first-order valence-electron chi connectivity index (χ1n) is 9.56. The lowest BCUT2D eigenvalue weighted by Crippen LogP contribution is -2.30. The Bertz CT molecular complexity index is 939. The number of ether oxygens (including phenoxy) is 1. The molecule has 144 valence electrons. The molecule has 1 aliphatic heterocycles. The van der Waals surface area contributed by atoms with Crippen LogP contribution in [0.15, 0.2) is 59.1 Å². The zero-order chi connectivity index (χ0) is 19.3. The molecule has 1 saturated heterocycles. The lowest BCUT2D eigenvalue weighted by molar-refractivity contribution is -0.132. The molecule has 6 heteroatoms. The molecule has 0 radical (unpaired) electrons. The van der Waals surface area contributed by atoms with Crippen LogP contribution in [0.25, 0.3) is 11.4 Å². The Labute approximate surface area is 164 Å². The van der Waals surface area contributed by atoms with Crippen molar-refractivity contribution in [2.24, 2.45) is 0 Å². The number of likely N-dealkylation sites (tertiary alicyclic amines) is 1. The highest BCUT2D eigenvalue weighted by atomic mass is 16.5. The van der Waals surface area contributed by atoms with Gasteiger partial charge in [0.25, 0.3) is 0 Å². The van der Waals surface area contributed by atoms with E-state index in [1.807, 2.05) is 53.4 Å². The van der Waals surface area contributed by atoms with Crippen LogP contribution in [0.2, 0.25) is 0 Å². The Balaban J connectivity index is 1.40. The van der Waals surface area contributed by atoms with Gasteiger partial charge in [0.1, 0.15) is 5.75 Å². The van der Waals surface area contributed by atoms with E-state index in [4.69, 9.17) is 9.26 Å². The van der Waals surface area contributed by atoms with Crippen molar-refractivity contribution in [3.05, 3.63) is 66.1 Å². The second-order valence-corrected chi connectivity index (χ2v) is 6.90. The molecule has 0 aliphatic carbocycles. The van der Waals surface area contributed by atoms with Crippen molar-refractivity contribution in [2.45, 2.75) is 31.7 Å².